The number of rotatable bonds is 10. The maximum absolute atomic E-state index is 13.4. The van der Waals surface area contributed by atoms with Gasteiger partial charge in [-0.05, 0) is 43.5 Å². The summed E-state index contributed by atoms with van der Waals surface area (Å²) in [6.07, 6.45) is 1.78. The Labute approximate surface area is 195 Å². The van der Waals surface area contributed by atoms with Crippen LogP contribution in [-0.2, 0) is 26.2 Å². The third-order valence-electron chi connectivity index (χ3n) is 5.12. The van der Waals surface area contributed by atoms with E-state index in [2.05, 4.69) is 5.32 Å². The number of anilines is 1. The smallest absolute Gasteiger partial charge is 0.244 e. The van der Waals surface area contributed by atoms with Crippen LogP contribution in [0.2, 0.25) is 5.02 Å². The lowest BCUT2D eigenvalue weighted by molar-refractivity contribution is -0.139. The van der Waals surface area contributed by atoms with Crippen LogP contribution in [0.4, 0.5) is 5.69 Å². The number of nitrogens with zero attached hydrogens (tertiary/aromatic N) is 2. The highest BCUT2D eigenvalue weighted by molar-refractivity contribution is 7.92. The number of halogens is 1. The molecule has 0 saturated heterocycles. The Morgan fingerprint density at radius 2 is 1.72 bits per heavy atom. The zero-order chi connectivity index (χ0) is 23.9. The van der Waals surface area contributed by atoms with Crippen molar-refractivity contribution in [2.24, 2.45) is 0 Å². The van der Waals surface area contributed by atoms with Crippen molar-refractivity contribution in [1.29, 1.82) is 0 Å². The number of carbonyl (C=O) groups is 2. The van der Waals surface area contributed by atoms with Gasteiger partial charge in [0.05, 0.1) is 17.0 Å². The maximum Gasteiger partial charge on any atom is 0.244 e. The van der Waals surface area contributed by atoms with Gasteiger partial charge in [-0.2, -0.15) is 0 Å². The van der Waals surface area contributed by atoms with Crippen LogP contribution in [0, 0.1) is 6.92 Å². The van der Waals surface area contributed by atoms with Crippen LogP contribution in [0.3, 0.4) is 0 Å². The van der Waals surface area contributed by atoms with Crippen LogP contribution < -0.4 is 9.62 Å². The van der Waals surface area contributed by atoms with E-state index >= 15 is 0 Å². The molecular weight excluding hydrogens is 450 g/mol. The summed E-state index contributed by atoms with van der Waals surface area (Å²) in [4.78, 5) is 27.5. The van der Waals surface area contributed by atoms with Gasteiger partial charge in [0.15, 0.2) is 0 Å². The van der Waals surface area contributed by atoms with Crippen molar-refractivity contribution in [3.05, 3.63) is 64.7 Å². The van der Waals surface area contributed by atoms with E-state index < -0.39 is 28.5 Å². The Morgan fingerprint density at radius 3 is 2.31 bits per heavy atom. The summed E-state index contributed by atoms with van der Waals surface area (Å²) in [5.41, 5.74) is 2.06. The molecule has 0 aliphatic heterocycles. The van der Waals surface area contributed by atoms with Gasteiger partial charge < -0.3 is 10.2 Å². The number of nitrogens with one attached hydrogen (secondary N) is 1. The quantitative estimate of drug-likeness (QED) is 0.566. The summed E-state index contributed by atoms with van der Waals surface area (Å²) in [7, 11) is -3.81. The standard InChI is InChI=1S/C23H30ClN3O4S/c1-5-14-25-23(29)18(3)26(15-19-11-7-6-10-17(19)2)22(28)16-27(32(4,30)31)21-13-9-8-12-20(21)24/h6-13,18H,5,14-16H2,1-4H3,(H,25,29)/t18-/m1/s1. The molecule has 0 saturated carbocycles. The summed E-state index contributed by atoms with van der Waals surface area (Å²) in [5, 5.41) is 3.02. The topological polar surface area (TPSA) is 86.8 Å². The molecule has 0 heterocycles. The Bertz CT molecular complexity index is 1060. The van der Waals surface area contributed by atoms with E-state index in [0.717, 1.165) is 28.1 Å². The molecule has 0 aliphatic carbocycles. The second-order valence-electron chi connectivity index (χ2n) is 7.64. The van der Waals surface area contributed by atoms with Gasteiger partial charge in [-0.15, -0.1) is 0 Å². The number of benzene rings is 2. The Hall–Kier alpha value is -2.58. The minimum absolute atomic E-state index is 0.173. The van der Waals surface area contributed by atoms with Gasteiger partial charge >= 0.3 is 0 Å². The minimum Gasteiger partial charge on any atom is -0.354 e. The van der Waals surface area contributed by atoms with Gasteiger partial charge in [-0.1, -0.05) is 54.9 Å². The van der Waals surface area contributed by atoms with Crippen molar-refractivity contribution in [2.75, 3.05) is 23.7 Å². The average Bonchev–Trinajstić information content (AvgIpc) is 2.74. The predicted octanol–water partition coefficient (Wildman–Crippen LogP) is 3.36. The summed E-state index contributed by atoms with van der Waals surface area (Å²) in [6, 6.07) is 13.2. The molecule has 32 heavy (non-hydrogen) atoms. The maximum atomic E-state index is 13.4. The third kappa shape index (κ3) is 6.71. The van der Waals surface area contributed by atoms with Crippen LogP contribution in [0.1, 0.15) is 31.4 Å². The molecule has 9 heteroatoms. The molecule has 174 valence electrons. The third-order valence-corrected chi connectivity index (χ3v) is 6.56. The van der Waals surface area contributed by atoms with Gasteiger partial charge in [-0.25, -0.2) is 8.42 Å². The first kappa shape index (κ1) is 25.7. The first-order valence-electron chi connectivity index (χ1n) is 10.4. The predicted molar refractivity (Wildman–Crippen MR) is 128 cm³/mol. The lowest BCUT2D eigenvalue weighted by Crippen LogP contribution is -2.51. The van der Waals surface area contributed by atoms with E-state index in [-0.39, 0.29) is 23.2 Å². The summed E-state index contributed by atoms with van der Waals surface area (Å²) < 4.78 is 26.0. The van der Waals surface area contributed by atoms with Gasteiger partial charge in [-0.3, -0.25) is 13.9 Å². The summed E-state index contributed by atoms with van der Waals surface area (Å²) >= 11 is 6.21. The van der Waals surface area contributed by atoms with E-state index in [4.69, 9.17) is 11.6 Å². The van der Waals surface area contributed by atoms with Gasteiger partial charge in [0, 0.05) is 13.1 Å². The molecule has 2 rings (SSSR count). The molecule has 0 aromatic heterocycles. The zero-order valence-corrected chi connectivity index (χ0v) is 20.4. The molecule has 2 aromatic carbocycles. The van der Waals surface area contributed by atoms with Crippen molar-refractivity contribution in [1.82, 2.24) is 10.2 Å². The lowest BCUT2D eigenvalue weighted by Gasteiger charge is -2.32. The average molecular weight is 480 g/mol. The molecule has 2 aromatic rings. The highest BCUT2D eigenvalue weighted by Gasteiger charge is 2.30. The summed E-state index contributed by atoms with van der Waals surface area (Å²) in [5.74, 6) is -0.796. The van der Waals surface area contributed by atoms with Crippen LogP contribution in [0.15, 0.2) is 48.5 Å². The van der Waals surface area contributed by atoms with Gasteiger partial charge in [0.2, 0.25) is 21.8 Å². The monoisotopic (exact) mass is 479 g/mol. The molecule has 0 spiro atoms. The SMILES string of the molecule is CCCNC(=O)[C@@H](C)N(Cc1ccccc1C)C(=O)CN(c1ccccc1Cl)S(C)(=O)=O. The molecule has 0 bridgehead atoms. The number of hydrogen-bond donors (Lipinski definition) is 1. The van der Waals surface area contributed by atoms with Crippen LogP contribution >= 0.6 is 11.6 Å². The molecule has 2 amide bonds. The minimum atomic E-state index is -3.81. The first-order chi connectivity index (χ1) is 15.1. The zero-order valence-electron chi connectivity index (χ0n) is 18.8. The number of amides is 2. The van der Waals surface area contributed by atoms with Crippen molar-refractivity contribution in [3.63, 3.8) is 0 Å². The fourth-order valence-corrected chi connectivity index (χ4v) is 4.35. The Balaban J connectivity index is 2.40. The Kier molecular flexibility index (Phi) is 9.09. The molecule has 0 fully saturated rings. The molecular formula is C23H30ClN3O4S. The van der Waals surface area contributed by atoms with Crippen molar-refractivity contribution < 1.29 is 18.0 Å². The summed E-state index contributed by atoms with van der Waals surface area (Å²) in [6.45, 7) is 5.69. The van der Waals surface area contributed by atoms with E-state index in [0.29, 0.717) is 6.54 Å². The van der Waals surface area contributed by atoms with E-state index in [1.165, 1.54) is 4.90 Å². The molecule has 0 aliphatic rings. The molecule has 0 unspecified atom stereocenters. The van der Waals surface area contributed by atoms with E-state index in [1.807, 2.05) is 38.1 Å². The normalized spacial score (nSPS) is 12.2. The van der Waals surface area contributed by atoms with E-state index in [9.17, 15) is 18.0 Å². The van der Waals surface area contributed by atoms with Crippen molar-refractivity contribution in [2.45, 2.75) is 39.8 Å². The van der Waals surface area contributed by atoms with E-state index in [1.54, 1.807) is 31.2 Å². The van der Waals surface area contributed by atoms with Crippen LogP contribution in [0.25, 0.3) is 0 Å². The highest BCUT2D eigenvalue weighted by Crippen LogP contribution is 2.27. The number of sulfonamides is 1. The lowest BCUT2D eigenvalue weighted by atomic mass is 10.1. The van der Waals surface area contributed by atoms with Crippen molar-refractivity contribution in [3.8, 4) is 0 Å². The number of carbonyl (C=O) groups excluding carboxylic acids is 2. The van der Waals surface area contributed by atoms with Crippen LogP contribution in [0.5, 0.6) is 0 Å². The second kappa shape index (κ2) is 11.3. The first-order valence-corrected chi connectivity index (χ1v) is 12.6. The molecule has 0 radical (unpaired) electrons. The van der Waals surface area contributed by atoms with Crippen molar-refractivity contribution >= 4 is 39.1 Å². The molecule has 7 nitrogen and oxygen atoms in total. The fraction of sp³-hybridized carbons (Fsp3) is 0.391. The number of para-hydroxylation sites is 1. The highest BCUT2D eigenvalue weighted by atomic mass is 35.5. The van der Waals surface area contributed by atoms with Gasteiger partial charge in [0.1, 0.15) is 12.6 Å². The fourth-order valence-electron chi connectivity index (χ4n) is 3.20. The largest absolute Gasteiger partial charge is 0.354 e. The Morgan fingerprint density at radius 1 is 1.09 bits per heavy atom. The molecule has 1 N–H and O–H groups in total. The number of aryl methyl sites for hydroxylation is 1. The van der Waals surface area contributed by atoms with Gasteiger partial charge in [0.25, 0.3) is 0 Å². The molecule has 1 atom stereocenters. The van der Waals surface area contributed by atoms with Crippen LogP contribution in [-0.4, -0.2) is 50.5 Å². The second-order valence-corrected chi connectivity index (χ2v) is 9.95. The number of hydrogen-bond acceptors (Lipinski definition) is 4.